The van der Waals surface area contributed by atoms with Gasteiger partial charge in [0.1, 0.15) is 0 Å². The second kappa shape index (κ2) is 7.31. The molecule has 6 nitrogen and oxygen atoms in total. The molecule has 3 rings (SSSR count). The molecule has 134 valence electrons. The highest BCUT2D eigenvalue weighted by Crippen LogP contribution is 2.40. The summed E-state index contributed by atoms with van der Waals surface area (Å²) in [6.45, 7) is 2.25. The fourth-order valence-corrected chi connectivity index (χ4v) is 4.20. The van der Waals surface area contributed by atoms with E-state index in [1.807, 2.05) is 0 Å². The average Bonchev–Trinajstić information content (AvgIpc) is 3.01. The van der Waals surface area contributed by atoms with E-state index in [1.54, 1.807) is 23.5 Å². The van der Waals surface area contributed by atoms with Gasteiger partial charge in [0, 0.05) is 4.88 Å². The zero-order chi connectivity index (χ0) is 18.0. The molecule has 0 fully saturated rings. The van der Waals surface area contributed by atoms with Crippen LogP contribution in [0.15, 0.2) is 12.1 Å². The number of hydrogen-bond acceptors (Lipinski definition) is 6. The average molecular weight is 362 g/mol. The Balaban J connectivity index is 1.87. The van der Waals surface area contributed by atoms with Crippen molar-refractivity contribution in [2.24, 2.45) is 5.92 Å². The van der Waals surface area contributed by atoms with E-state index < -0.39 is 0 Å². The maximum Gasteiger partial charge on any atom is 0.261 e. The molecular weight excluding hydrogens is 340 g/mol. The van der Waals surface area contributed by atoms with Gasteiger partial charge in [-0.1, -0.05) is 6.92 Å². The third kappa shape index (κ3) is 3.42. The molecule has 0 spiro atoms. The molecular formula is C18H22N2O4S. The van der Waals surface area contributed by atoms with E-state index >= 15 is 0 Å². The fraction of sp³-hybridized carbons (Fsp3) is 0.444. The zero-order valence-corrected chi connectivity index (χ0v) is 15.7. The van der Waals surface area contributed by atoms with Crippen molar-refractivity contribution in [3.63, 3.8) is 0 Å². The minimum absolute atomic E-state index is 0.281. The van der Waals surface area contributed by atoms with Gasteiger partial charge in [0.05, 0.1) is 32.6 Å². The summed E-state index contributed by atoms with van der Waals surface area (Å²) in [6, 6.07) is 3.34. The molecule has 7 heteroatoms. The lowest BCUT2D eigenvalue weighted by Gasteiger charge is -2.15. The summed E-state index contributed by atoms with van der Waals surface area (Å²) in [7, 11) is 4.55. The number of aryl methyl sites for hydroxylation is 1. The summed E-state index contributed by atoms with van der Waals surface area (Å²) >= 11 is 1.55. The van der Waals surface area contributed by atoms with Gasteiger partial charge in [-0.05, 0) is 37.3 Å². The highest BCUT2D eigenvalue weighted by Gasteiger charge is 2.23. The van der Waals surface area contributed by atoms with Crippen LogP contribution in [-0.2, 0) is 12.8 Å². The monoisotopic (exact) mass is 362 g/mol. The van der Waals surface area contributed by atoms with Crippen molar-refractivity contribution < 1.29 is 19.0 Å². The van der Waals surface area contributed by atoms with Gasteiger partial charge in [0.15, 0.2) is 16.6 Å². The van der Waals surface area contributed by atoms with E-state index in [0.717, 1.165) is 25.0 Å². The smallest absolute Gasteiger partial charge is 0.261 e. The molecule has 0 saturated heterocycles. The minimum Gasteiger partial charge on any atom is -0.493 e. The largest absolute Gasteiger partial charge is 0.493 e. The van der Waals surface area contributed by atoms with Crippen molar-refractivity contribution in [2.45, 2.75) is 26.2 Å². The Labute approximate surface area is 151 Å². The van der Waals surface area contributed by atoms with E-state index in [9.17, 15) is 4.79 Å². The first-order chi connectivity index (χ1) is 12.1. The van der Waals surface area contributed by atoms with Crippen molar-refractivity contribution in [1.29, 1.82) is 0 Å². The fourth-order valence-electron chi connectivity index (χ4n) is 3.04. The van der Waals surface area contributed by atoms with Gasteiger partial charge in [-0.25, -0.2) is 4.98 Å². The summed E-state index contributed by atoms with van der Waals surface area (Å²) in [6.07, 6.45) is 3.15. The molecule has 1 aliphatic carbocycles. The number of aromatic nitrogens is 1. The van der Waals surface area contributed by atoms with Gasteiger partial charge in [-0.3, -0.25) is 10.1 Å². The molecule has 0 bridgehead atoms. The molecule has 1 aromatic carbocycles. The van der Waals surface area contributed by atoms with E-state index in [2.05, 4.69) is 17.2 Å². The van der Waals surface area contributed by atoms with Crippen LogP contribution in [0.4, 0.5) is 5.13 Å². The van der Waals surface area contributed by atoms with Crippen LogP contribution in [0.1, 0.15) is 34.3 Å². The molecule has 2 aromatic rings. The maximum absolute atomic E-state index is 12.7. The lowest BCUT2D eigenvalue weighted by Crippen LogP contribution is -2.14. The number of benzene rings is 1. The van der Waals surface area contributed by atoms with Gasteiger partial charge >= 0.3 is 0 Å². The first kappa shape index (κ1) is 17.5. The SMILES string of the molecule is COc1ccc(C(=O)Nc2nc3c(s2)CC(C)CC3)c(OC)c1OC. The summed E-state index contributed by atoms with van der Waals surface area (Å²) in [5.74, 6) is 1.63. The predicted octanol–water partition coefficient (Wildman–Crippen LogP) is 3.55. The number of carbonyl (C=O) groups is 1. The van der Waals surface area contributed by atoms with E-state index in [4.69, 9.17) is 14.2 Å². The second-order valence-corrected chi connectivity index (χ2v) is 7.16. The molecule has 1 aliphatic rings. The molecule has 1 N–H and O–H groups in total. The van der Waals surface area contributed by atoms with Crippen LogP contribution in [0.3, 0.4) is 0 Å². The molecule has 1 heterocycles. The maximum atomic E-state index is 12.7. The summed E-state index contributed by atoms with van der Waals surface area (Å²) in [5.41, 5.74) is 1.49. The van der Waals surface area contributed by atoms with Crippen LogP contribution < -0.4 is 19.5 Å². The molecule has 0 radical (unpaired) electrons. The Bertz CT molecular complexity index is 788. The molecule has 1 amide bonds. The van der Waals surface area contributed by atoms with Crippen LogP contribution in [0.25, 0.3) is 0 Å². The van der Waals surface area contributed by atoms with Crippen LogP contribution in [0.5, 0.6) is 17.2 Å². The van der Waals surface area contributed by atoms with Crippen LogP contribution >= 0.6 is 11.3 Å². The molecule has 0 saturated carbocycles. The highest BCUT2D eigenvalue weighted by atomic mass is 32.1. The van der Waals surface area contributed by atoms with Crippen LogP contribution in [0, 0.1) is 5.92 Å². The number of fused-ring (bicyclic) bond motifs is 1. The number of nitrogens with zero attached hydrogens (tertiary/aromatic N) is 1. The number of anilines is 1. The third-order valence-corrected chi connectivity index (χ3v) is 5.39. The van der Waals surface area contributed by atoms with Crippen molar-refractivity contribution in [3.05, 3.63) is 28.3 Å². The first-order valence-electron chi connectivity index (χ1n) is 8.16. The number of amides is 1. The second-order valence-electron chi connectivity index (χ2n) is 6.07. The van der Waals surface area contributed by atoms with Gasteiger partial charge in [-0.2, -0.15) is 0 Å². The Hall–Kier alpha value is -2.28. The Morgan fingerprint density at radius 3 is 2.64 bits per heavy atom. The molecule has 1 unspecified atom stereocenters. The summed E-state index contributed by atoms with van der Waals surface area (Å²) in [5, 5.41) is 3.51. The number of thiazole rings is 1. The first-order valence-corrected chi connectivity index (χ1v) is 8.97. The number of ether oxygens (including phenoxy) is 3. The lowest BCUT2D eigenvalue weighted by atomic mass is 9.93. The van der Waals surface area contributed by atoms with Gasteiger partial charge < -0.3 is 14.2 Å². The Kier molecular flexibility index (Phi) is 5.13. The van der Waals surface area contributed by atoms with Gasteiger partial charge in [0.25, 0.3) is 5.91 Å². The number of methoxy groups -OCH3 is 3. The number of nitrogens with one attached hydrogen (secondary N) is 1. The molecule has 25 heavy (non-hydrogen) atoms. The van der Waals surface area contributed by atoms with Crippen LogP contribution in [0.2, 0.25) is 0 Å². The molecule has 0 aliphatic heterocycles. The minimum atomic E-state index is -0.281. The topological polar surface area (TPSA) is 69.7 Å². The van der Waals surface area contributed by atoms with Gasteiger partial charge in [-0.15, -0.1) is 11.3 Å². The van der Waals surface area contributed by atoms with Crippen molar-refractivity contribution >= 4 is 22.4 Å². The molecule has 1 atom stereocenters. The van der Waals surface area contributed by atoms with Crippen LogP contribution in [-0.4, -0.2) is 32.2 Å². The predicted molar refractivity (Wildman–Crippen MR) is 97.4 cm³/mol. The normalized spacial score (nSPS) is 16.1. The van der Waals surface area contributed by atoms with E-state index in [-0.39, 0.29) is 5.91 Å². The summed E-state index contributed by atoms with van der Waals surface area (Å²) in [4.78, 5) is 18.6. The number of carbonyl (C=O) groups excluding carboxylic acids is 1. The van der Waals surface area contributed by atoms with E-state index in [1.165, 1.54) is 26.2 Å². The van der Waals surface area contributed by atoms with Gasteiger partial charge in [0.2, 0.25) is 5.75 Å². The number of rotatable bonds is 5. The zero-order valence-electron chi connectivity index (χ0n) is 14.8. The van der Waals surface area contributed by atoms with Crippen molar-refractivity contribution in [1.82, 2.24) is 4.98 Å². The molecule has 1 aromatic heterocycles. The standard InChI is InChI=1S/C18H22N2O4S/c1-10-5-7-12-14(9-10)25-18(19-12)20-17(21)11-6-8-13(22-2)16(24-4)15(11)23-3/h6,8,10H,5,7,9H2,1-4H3,(H,19,20,21). The highest BCUT2D eigenvalue weighted by molar-refractivity contribution is 7.15. The van der Waals surface area contributed by atoms with Crippen molar-refractivity contribution in [3.8, 4) is 17.2 Å². The number of hydrogen-bond donors (Lipinski definition) is 1. The Morgan fingerprint density at radius 2 is 1.96 bits per heavy atom. The third-order valence-electron chi connectivity index (χ3n) is 4.36. The Morgan fingerprint density at radius 1 is 1.20 bits per heavy atom. The summed E-state index contributed by atoms with van der Waals surface area (Å²) < 4.78 is 16.0. The lowest BCUT2D eigenvalue weighted by molar-refractivity contribution is 0.102. The van der Waals surface area contributed by atoms with E-state index in [0.29, 0.717) is 33.9 Å². The quantitative estimate of drug-likeness (QED) is 0.881. The van der Waals surface area contributed by atoms with Crippen molar-refractivity contribution in [2.75, 3.05) is 26.6 Å².